The van der Waals surface area contributed by atoms with Gasteiger partial charge >= 0.3 is 0 Å². The van der Waals surface area contributed by atoms with Gasteiger partial charge in [-0.25, -0.2) is 9.53 Å². The van der Waals surface area contributed by atoms with Crippen molar-refractivity contribution in [3.05, 3.63) is 63.9 Å². The summed E-state index contributed by atoms with van der Waals surface area (Å²) in [5.74, 6) is -2.81. The number of hydrogen-bond acceptors (Lipinski definition) is 4. The van der Waals surface area contributed by atoms with Crippen LogP contribution in [0.4, 0.5) is 10.1 Å². The Hall–Kier alpha value is -2.53. The molecule has 1 fully saturated rings. The average Bonchev–Trinajstić information content (AvgIpc) is 2.67. The third-order valence-corrected chi connectivity index (χ3v) is 6.72. The van der Waals surface area contributed by atoms with Crippen molar-refractivity contribution in [1.82, 2.24) is 9.62 Å². The molecule has 0 unspecified atom stereocenters. The van der Waals surface area contributed by atoms with Gasteiger partial charge in [0, 0.05) is 24.2 Å². The van der Waals surface area contributed by atoms with Crippen molar-refractivity contribution in [2.24, 2.45) is 5.14 Å². The standard InChI is InChI=1S/C21H24ClFN4O4S/c1-12(2)13-6-4-5-7-15(13)21(10-27(11-21)32(24,30)31)20(29)26-18-9-17(23)16(22)8-14(18)19(28)25-3/h4-9,12H,10-11H2,1-3H3,(H,25,28)(H,26,29)(H2,24,30,31)/i3D3. The van der Waals surface area contributed by atoms with E-state index in [4.69, 9.17) is 20.9 Å². The molecule has 1 heterocycles. The largest absolute Gasteiger partial charge is 0.355 e. The fourth-order valence-electron chi connectivity index (χ4n) is 3.76. The first kappa shape index (κ1) is 20.1. The molecule has 1 aliphatic rings. The van der Waals surface area contributed by atoms with E-state index in [1.54, 1.807) is 23.5 Å². The molecule has 8 nitrogen and oxygen atoms in total. The van der Waals surface area contributed by atoms with Crippen LogP contribution < -0.4 is 15.8 Å². The molecule has 0 aliphatic carbocycles. The van der Waals surface area contributed by atoms with Crippen LogP contribution in [0.1, 0.15) is 45.4 Å². The summed E-state index contributed by atoms with van der Waals surface area (Å²) < 4.78 is 60.7. The van der Waals surface area contributed by atoms with Gasteiger partial charge in [0.15, 0.2) is 0 Å². The smallest absolute Gasteiger partial charge is 0.276 e. The zero-order valence-corrected chi connectivity index (χ0v) is 18.8. The second-order valence-electron chi connectivity index (χ2n) is 7.86. The van der Waals surface area contributed by atoms with E-state index >= 15 is 0 Å². The maximum Gasteiger partial charge on any atom is 0.276 e. The van der Waals surface area contributed by atoms with E-state index in [1.165, 1.54) is 0 Å². The topological polar surface area (TPSA) is 122 Å². The maximum absolute atomic E-state index is 14.3. The number of rotatable bonds is 6. The highest BCUT2D eigenvalue weighted by Crippen LogP contribution is 2.41. The molecule has 3 rings (SSSR count). The SMILES string of the molecule is [2H]C([2H])([2H])NC(=O)c1cc(Cl)c(F)cc1NC(=O)C1(c2ccccc2C(C)C)CN(S(N)(=O)=O)C1. The minimum Gasteiger partial charge on any atom is -0.355 e. The molecule has 11 heteroatoms. The van der Waals surface area contributed by atoms with Crippen molar-refractivity contribution in [3.8, 4) is 0 Å². The normalized spacial score (nSPS) is 17.6. The summed E-state index contributed by atoms with van der Waals surface area (Å²) >= 11 is 5.79. The zero-order valence-electron chi connectivity index (χ0n) is 20.3. The maximum atomic E-state index is 14.3. The molecular formula is C21H24ClFN4O4S. The molecular weight excluding hydrogens is 459 g/mol. The number of anilines is 1. The number of amides is 2. The predicted molar refractivity (Wildman–Crippen MR) is 120 cm³/mol. The number of halogens is 2. The summed E-state index contributed by atoms with van der Waals surface area (Å²) in [6.45, 7) is 0.405. The van der Waals surface area contributed by atoms with E-state index < -0.39 is 45.3 Å². The highest BCUT2D eigenvalue weighted by Gasteiger charge is 2.55. The Morgan fingerprint density at radius 3 is 2.53 bits per heavy atom. The Balaban J connectivity index is 2.07. The van der Waals surface area contributed by atoms with Crippen LogP contribution >= 0.6 is 11.6 Å². The second-order valence-corrected chi connectivity index (χ2v) is 9.81. The van der Waals surface area contributed by atoms with Crippen molar-refractivity contribution >= 4 is 39.3 Å². The molecule has 172 valence electrons. The van der Waals surface area contributed by atoms with Gasteiger partial charge in [-0.15, -0.1) is 0 Å². The number of benzene rings is 2. The lowest BCUT2D eigenvalue weighted by Crippen LogP contribution is -2.67. The van der Waals surface area contributed by atoms with Gasteiger partial charge in [-0.05, 0) is 29.2 Å². The van der Waals surface area contributed by atoms with Gasteiger partial charge in [0.25, 0.3) is 16.1 Å². The first-order chi connectivity index (χ1) is 16.0. The van der Waals surface area contributed by atoms with Gasteiger partial charge in [-0.1, -0.05) is 49.7 Å². The molecule has 0 atom stereocenters. The molecule has 2 amide bonds. The summed E-state index contributed by atoms with van der Waals surface area (Å²) in [5, 5.41) is 9.04. The van der Waals surface area contributed by atoms with E-state index in [9.17, 15) is 22.4 Å². The molecule has 4 N–H and O–H groups in total. The molecule has 0 aromatic heterocycles. The van der Waals surface area contributed by atoms with Crippen molar-refractivity contribution < 1.29 is 26.5 Å². The van der Waals surface area contributed by atoms with Gasteiger partial charge in [0.1, 0.15) is 11.2 Å². The number of nitrogens with two attached hydrogens (primary N) is 1. The van der Waals surface area contributed by atoms with E-state index in [-0.39, 0.29) is 30.3 Å². The van der Waals surface area contributed by atoms with E-state index in [0.717, 1.165) is 22.0 Å². The lowest BCUT2D eigenvalue weighted by molar-refractivity contribution is -0.125. The Kier molecular flexibility index (Phi) is 5.51. The van der Waals surface area contributed by atoms with Gasteiger partial charge < -0.3 is 10.6 Å². The fourth-order valence-corrected chi connectivity index (χ4v) is 4.72. The summed E-state index contributed by atoms with van der Waals surface area (Å²) in [4.78, 5) is 26.2. The van der Waals surface area contributed by atoms with E-state index in [2.05, 4.69) is 5.32 Å². The monoisotopic (exact) mass is 485 g/mol. The molecule has 0 saturated carbocycles. The number of carbonyl (C=O) groups is 2. The van der Waals surface area contributed by atoms with Crippen LogP contribution in [0.2, 0.25) is 5.02 Å². The van der Waals surface area contributed by atoms with Crippen LogP contribution in [-0.2, 0) is 20.4 Å². The number of nitrogens with zero attached hydrogens (tertiary/aromatic N) is 1. The lowest BCUT2D eigenvalue weighted by Gasteiger charge is -2.48. The molecule has 0 bridgehead atoms. The molecule has 2 aromatic rings. The first-order valence-corrected chi connectivity index (χ1v) is 11.4. The molecule has 1 aliphatic heterocycles. The second kappa shape index (κ2) is 8.78. The van der Waals surface area contributed by atoms with Crippen LogP contribution in [-0.4, -0.2) is 44.6 Å². The quantitative estimate of drug-likeness (QED) is 0.581. The zero-order chi connectivity index (χ0) is 26.3. The molecule has 1 saturated heterocycles. The summed E-state index contributed by atoms with van der Waals surface area (Å²) in [6, 6.07) is 8.69. The predicted octanol–water partition coefficient (Wildman–Crippen LogP) is 2.36. The van der Waals surface area contributed by atoms with E-state index in [1.807, 2.05) is 19.9 Å². The van der Waals surface area contributed by atoms with Crippen molar-refractivity contribution in [1.29, 1.82) is 0 Å². The van der Waals surface area contributed by atoms with Crippen molar-refractivity contribution in [2.75, 3.05) is 25.4 Å². The third kappa shape index (κ3) is 4.36. The van der Waals surface area contributed by atoms with E-state index in [0.29, 0.717) is 5.56 Å². The Morgan fingerprint density at radius 2 is 1.94 bits per heavy atom. The van der Waals surface area contributed by atoms with Crippen LogP contribution in [0.25, 0.3) is 0 Å². The fraction of sp³-hybridized carbons (Fsp3) is 0.333. The third-order valence-electron chi connectivity index (χ3n) is 5.45. The van der Waals surface area contributed by atoms with Gasteiger partial charge in [-0.3, -0.25) is 9.59 Å². The summed E-state index contributed by atoms with van der Waals surface area (Å²) in [5.41, 5.74) is -0.763. The molecule has 0 spiro atoms. The van der Waals surface area contributed by atoms with Crippen LogP contribution in [0, 0.1) is 5.82 Å². The summed E-state index contributed by atoms with van der Waals surface area (Å²) in [7, 11) is -4.09. The molecule has 32 heavy (non-hydrogen) atoms. The van der Waals surface area contributed by atoms with Crippen molar-refractivity contribution in [3.63, 3.8) is 0 Å². The van der Waals surface area contributed by atoms with Crippen LogP contribution in [0.3, 0.4) is 0 Å². The van der Waals surface area contributed by atoms with Gasteiger partial charge in [-0.2, -0.15) is 12.7 Å². The average molecular weight is 486 g/mol. The Labute approximate surface area is 195 Å². The Morgan fingerprint density at radius 1 is 1.28 bits per heavy atom. The molecule has 0 radical (unpaired) electrons. The summed E-state index contributed by atoms with van der Waals surface area (Å²) in [6.07, 6.45) is 0. The van der Waals surface area contributed by atoms with Crippen LogP contribution in [0.15, 0.2) is 36.4 Å². The highest BCUT2D eigenvalue weighted by atomic mass is 35.5. The number of hydrogen-bond donors (Lipinski definition) is 3. The minimum atomic E-state index is -4.09. The Bertz CT molecular complexity index is 1280. The lowest BCUT2D eigenvalue weighted by atomic mass is 9.71. The number of carbonyl (C=O) groups excluding carboxylic acids is 2. The van der Waals surface area contributed by atoms with Gasteiger partial charge in [0.2, 0.25) is 5.91 Å². The van der Waals surface area contributed by atoms with Gasteiger partial charge in [0.05, 0.1) is 16.3 Å². The first-order valence-electron chi connectivity index (χ1n) is 11.1. The molecule has 2 aromatic carbocycles. The van der Waals surface area contributed by atoms with Crippen molar-refractivity contribution in [2.45, 2.75) is 25.2 Å². The minimum absolute atomic E-state index is 0.0204. The highest BCUT2D eigenvalue weighted by molar-refractivity contribution is 7.86. The number of nitrogens with one attached hydrogen (secondary N) is 2. The van der Waals surface area contributed by atoms with Crippen LogP contribution in [0.5, 0.6) is 0 Å².